The van der Waals surface area contributed by atoms with Crippen molar-refractivity contribution >= 4 is 29.1 Å². The van der Waals surface area contributed by atoms with Crippen molar-refractivity contribution in [1.29, 1.82) is 0 Å². The molecule has 12 nitrogen and oxygen atoms in total. The number of nitrogens with zero attached hydrogens (tertiary/aromatic N) is 5. The molecule has 4 atom stereocenters. The van der Waals surface area contributed by atoms with E-state index >= 15 is 4.39 Å². The average Bonchev–Trinajstić information content (AvgIpc) is 3.22. The number of nitrogen functional groups attached to an aromatic ring is 1. The third-order valence-corrected chi connectivity index (χ3v) is 5.20. The fraction of sp³-hybridized carbons (Fsp3) is 0.400. The quantitative estimate of drug-likeness (QED) is 0.510. The minimum atomic E-state index is -1.90. The smallest absolute Gasteiger partial charge is 0.332 e. The Morgan fingerprint density at radius 2 is 2.12 bits per heavy atom. The van der Waals surface area contributed by atoms with Crippen molar-refractivity contribution in [2.24, 2.45) is 0 Å². The molecule has 33 heavy (non-hydrogen) atoms. The minimum absolute atomic E-state index is 0.0597. The van der Waals surface area contributed by atoms with Crippen LogP contribution < -0.4 is 11.4 Å². The summed E-state index contributed by atoms with van der Waals surface area (Å²) in [7, 11) is 1.15. The zero-order valence-electron chi connectivity index (χ0n) is 17.8. The highest BCUT2D eigenvalue weighted by atomic mass is 19.1. The number of nitrogens with two attached hydrogens (primary N) is 1. The van der Waals surface area contributed by atoms with Gasteiger partial charge in [-0.25, -0.2) is 18.7 Å². The van der Waals surface area contributed by atoms with Crippen molar-refractivity contribution in [3.63, 3.8) is 0 Å². The first-order chi connectivity index (χ1) is 15.8. The van der Waals surface area contributed by atoms with E-state index in [9.17, 15) is 14.4 Å². The summed E-state index contributed by atoms with van der Waals surface area (Å²) < 4.78 is 33.1. The van der Waals surface area contributed by atoms with Crippen molar-refractivity contribution in [2.75, 3.05) is 12.8 Å². The van der Waals surface area contributed by atoms with Crippen molar-refractivity contribution < 1.29 is 28.2 Å². The first-order valence-corrected chi connectivity index (χ1v) is 9.96. The Morgan fingerprint density at radius 3 is 2.79 bits per heavy atom. The van der Waals surface area contributed by atoms with Gasteiger partial charge in [-0.2, -0.15) is 4.98 Å². The molecule has 1 aliphatic rings. The maximum atomic E-state index is 15.2. The van der Waals surface area contributed by atoms with Crippen LogP contribution in [0.25, 0.3) is 11.2 Å². The molecule has 2 N–H and O–H groups in total. The third-order valence-electron chi connectivity index (χ3n) is 5.20. The number of hydrogen-bond acceptors (Lipinski definition) is 10. The summed E-state index contributed by atoms with van der Waals surface area (Å²) in [5, 5.41) is 0. The van der Waals surface area contributed by atoms with E-state index in [4.69, 9.17) is 15.2 Å². The number of alkyl halides is 1. The second-order valence-electron chi connectivity index (χ2n) is 7.40. The van der Waals surface area contributed by atoms with Gasteiger partial charge in [-0.05, 0) is 11.6 Å². The Kier molecular flexibility index (Phi) is 6.05. The van der Waals surface area contributed by atoms with Gasteiger partial charge < -0.3 is 19.9 Å². The van der Waals surface area contributed by atoms with Crippen LogP contribution in [0.2, 0.25) is 0 Å². The lowest BCUT2D eigenvalue weighted by Crippen LogP contribution is -2.37. The number of fused-ring (bicyclic) bond motifs is 1. The van der Waals surface area contributed by atoms with E-state index in [1.165, 1.54) is 10.8 Å². The molecule has 13 heteroatoms. The van der Waals surface area contributed by atoms with Crippen LogP contribution in [-0.4, -0.2) is 61.5 Å². The number of anilines is 1. The molecule has 0 amide bonds. The number of halogens is 1. The van der Waals surface area contributed by atoms with Crippen LogP contribution in [0.5, 0.6) is 0 Å². The van der Waals surface area contributed by atoms with Gasteiger partial charge in [0.05, 0.1) is 26.3 Å². The Balaban J connectivity index is 1.83. The van der Waals surface area contributed by atoms with E-state index in [1.54, 1.807) is 24.5 Å². The lowest BCUT2D eigenvalue weighted by molar-refractivity contribution is -0.154. The maximum Gasteiger partial charge on any atom is 0.332 e. The number of ether oxygens (including phenoxy) is 3. The van der Waals surface area contributed by atoms with Crippen molar-refractivity contribution in [3.8, 4) is 0 Å². The van der Waals surface area contributed by atoms with Crippen LogP contribution in [0.3, 0.4) is 0 Å². The molecule has 1 fully saturated rings. The summed E-state index contributed by atoms with van der Waals surface area (Å²) in [5.74, 6) is -1.63. The lowest BCUT2D eigenvalue weighted by Gasteiger charge is -2.19. The number of carbonyl (C=O) groups is 2. The number of hydrogen-bond donors (Lipinski definition) is 1. The Hall–Kier alpha value is -3.87. The average molecular weight is 460 g/mol. The van der Waals surface area contributed by atoms with Gasteiger partial charge in [0.15, 0.2) is 24.2 Å². The predicted molar refractivity (Wildman–Crippen MR) is 111 cm³/mol. The molecule has 0 unspecified atom stereocenters. The maximum absolute atomic E-state index is 15.2. The highest BCUT2D eigenvalue weighted by Gasteiger charge is 2.50. The molecular formula is C20H21FN6O6. The molecule has 174 valence electrons. The zero-order chi connectivity index (χ0) is 23.7. The molecule has 3 aromatic heterocycles. The topological polar surface area (TPSA) is 153 Å². The number of rotatable bonds is 6. The number of esters is 2. The Labute approximate surface area is 186 Å². The molecule has 1 aliphatic heterocycles. The van der Waals surface area contributed by atoms with Crippen LogP contribution >= 0.6 is 0 Å². The summed E-state index contributed by atoms with van der Waals surface area (Å²) in [6.45, 7) is 1.21. The van der Waals surface area contributed by atoms with E-state index in [0.29, 0.717) is 11.1 Å². The number of imidazole rings is 1. The number of methoxy groups -OCH3 is 1. The second-order valence-corrected chi connectivity index (χ2v) is 7.40. The Morgan fingerprint density at radius 1 is 1.33 bits per heavy atom. The number of pyridine rings is 1. The summed E-state index contributed by atoms with van der Waals surface area (Å²) in [5.41, 5.74) is 6.19. The molecule has 0 saturated carbocycles. The number of carbonyl (C=O) groups excluding carboxylic acids is 2. The number of aromatic nitrogens is 5. The van der Waals surface area contributed by atoms with Gasteiger partial charge in [0, 0.05) is 19.3 Å². The third kappa shape index (κ3) is 4.26. The van der Waals surface area contributed by atoms with Gasteiger partial charge in [-0.15, -0.1) is 0 Å². The van der Waals surface area contributed by atoms with Crippen LogP contribution in [-0.2, 0) is 30.3 Å². The van der Waals surface area contributed by atoms with E-state index in [-0.39, 0.29) is 18.1 Å². The highest BCUT2D eigenvalue weighted by molar-refractivity contribution is 5.72. The first-order valence-electron chi connectivity index (χ1n) is 9.96. The van der Waals surface area contributed by atoms with E-state index in [2.05, 4.69) is 19.7 Å². The molecule has 0 radical (unpaired) electrons. The molecule has 0 spiro atoms. The van der Waals surface area contributed by atoms with Gasteiger partial charge in [0.25, 0.3) is 0 Å². The highest BCUT2D eigenvalue weighted by Crippen LogP contribution is 2.36. The van der Waals surface area contributed by atoms with Crippen LogP contribution in [0.4, 0.5) is 10.3 Å². The van der Waals surface area contributed by atoms with E-state index in [0.717, 1.165) is 18.6 Å². The van der Waals surface area contributed by atoms with Crippen LogP contribution in [0, 0.1) is 0 Å². The molecule has 0 aliphatic carbocycles. The molecule has 1 saturated heterocycles. The fourth-order valence-electron chi connectivity index (χ4n) is 3.76. The zero-order valence-corrected chi connectivity index (χ0v) is 17.8. The van der Waals surface area contributed by atoms with Gasteiger partial charge in [0.1, 0.15) is 11.6 Å². The summed E-state index contributed by atoms with van der Waals surface area (Å²) >= 11 is 0. The molecular weight excluding hydrogens is 439 g/mol. The molecule has 4 heterocycles. The molecule has 4 rings (SSSR count). The Bertz CT molecular complexity index is 1250. The van der Waals surface area contributed by atoms with Crippen molar-refractivity contribution in [3.05, 3.63) is 46.8 Å². The molecule has 0 aromatic carbocycles. The SMILES string of the molecule is COC(=O)C[C@H]1O[C@@H](n2c(=O)n(Cc3cccnc3)c3cnc(N)nc32)[C@H](OC(C)=O)[C@@H]1F. The summed E-state index contributed by atoms with van der Waals surface area (Å²) in [6, 6.07) is 3.49. The summed E-state index contributed by atoms with van der Waals surface area (Å²) in [4.78, 5) is 49.0. The van der Waals surface area contributed by atoms with Crippen LogP contribution in [0.15, 0.2) is 35.5 Å². The normalized spacial score (nSPS) is 22.4. The first kappa shape index (κ1) is 22.3. The summed E-state index contributed by atoms with van der Waals surface area (Å²) in [6.07, 6.45) is -2.02. The van der Waals surface area contributed by atoms with Crippen molar-refractivity contribution in [1.82, 2.24) is 24.1 Å². The molecule has 3 aromatic rings. The fourth-order valence-corrected chi connectivity index (χ4v) is 3.76. The van der Waals surface area contributed by atoms with E-state index < -0.39 is 48.7 Å². The van der Waals surface area contributed by atoms with Gasteiger partial charge >= 0.3 is 17.6 Å². The van der Waals surface area contributed by atoms with E-state index in [1.807, 2.05) is 0 Å². The van der Waals surface area contributed by atoms with Gasteiger partial charge in [-0.1, -0.05) is 6.07 Å². The standard InChI is InChI=1S/C20H21FN6O6/c1-10(28)32-16-15(21)13(6-14(29)31-2)33-18(16)27-17-12(8-24-19(22)25-17)26(20(27)30)9-11-4-3-5-23-7-11/h3-5,7-8,13,15-16,18H,6,9H2,1-2H3,(H2,22,24,25)/t13-,15-,16-,18-/m1/s1. The van der Waals surface area contributed by atoms with Crippen molar-refractivity contribution in [2.45, 2.75) is 44.5 Å². The largest absolute Gasteiger partial charge is 0.469 e. The predicted octanol–water partition coefficient (Wildman–Crippen LogP) is 0.349. The van der Waals surface area contributed by atoms with Crippen LogP contribution in [0.1, 0.15) is 25.1 Å². The monoisotopic (exact) mass is 460 g/mol. The van der Waals surface area contributed by atoms with Gasteiger partial charge in [0.2, 0.25) is 5.95 Å². The van der Waals surface area contributed by atoms with Gasteiger partial charge in [-0.3, -0.25) is 19.1 Å². The minimum Gasteiger partial charge on any atom is -0.469 e. The lowest BCUT2D eigenvalue weighted by atomic mass is 10.1. The second kappa shape index (κ2) is 8.94. The molecule has 0 bridgehead atoms.